The van der Waals surface area contributed by atoms with Gasteiger partial charge in [-0.1, -0.05) is 18.1 Å². The number of nitrogens with one attached hydrogen (secondary N) is 1. The number of hydrogen-bond donors (Lipinski definition) is 2. The predicted octanol–water partition coefficient (Wildman–Crippen LogP) is 2.89. The van der Waals surface area contributed by atoms with Crippen molar-refractivity contribution in [3.8, 4) is 0 Å². The first-order valence-electron chi connectivity index (χ1n) is 6.62. The fourth-order valence-corrected chi connectivity index (χ4v) is 2.03. The van der Waals surface area contributed by atoms with Gasteiger partial charge in [0.2, 0.25) is 0 Å². The molecule has 110 valence electrons. The summed E-state index contributed by atoms with van der Waals surface area (Å²) in [6.07, 6.45) is 1.46. The van der Waals surface area contributed by atoms with Gasteiger partial charge < -0.3 is 14.9 Å². The van der Waals surface area contributed by atoms with Gasteiger partial charge in [-0.3, -0.25) is 4.79 Å². The molecule has 0 atom stereocenters. The van der Waals surface area contributed by atoms with Crippen LogP contribution in [0, 0.1) is 6.92 Å². The average molecular weight is 288 g/mol. The smallest absolute Gasteiger partial charge is 0.335 e. The average Bonchev–Trinajstić information content (AvgIpc) is 2.80. The quantitative estimate of drug-likeness (QED) is 0.882. The van der Waals surface area contributed by atoms with Crippen LogP contribution in [0.25, 0.3) is 0 Å². The van der Waals surface area contributed by atoms with Crippen molar-refractivity contribution in [3.63, 3.8) is 0 Å². The number of anilines is 1. The van der Waals surface area contributed by atoms with E-state index >= 15 is 0 Å². The van der Waals surface area contributed by atoms with Crippen molar-refractivity contribution in [2.45, 2.75) is 26.7 Å². The molecule has 0 bridgehead atoms. The number of rotatable bonds is 5. The Morgan fingerprint density at radius 2 is 2.14 bits per heavy atom. The molecule has 1 aromatic carbocycles. The van der Waals surface area contributed by atoms with Gasteiger partial charge in [-0.2, -0.15) is 0 Å². The van der Waals surface area contributed by atoms with E-state index in [1.54, 1.807) is 19.1 Å². The maximum atomic E-state index is 12.3. The van der Waals surface area contributed by atoms with Crippen LogP contribution < -0.4 is 5.32 Å². The minimum atomic E-state index is -1.04. The summed E-state index contributed by atoms with van der Waals surface area (Å²) < 4.78 is 5.15. The Kier molecular flexibility index (Phi) is 4.37. The lowest BCUT2D eigenvalue weighted by Crippen LogP contribution is -2.14. The van der Waals surface area contributed by atoms with Gasteiger partial charge in [0.25, 0.3) is 5.91 Å². The Labute approximate surface area is 121 Å². The molecular weight excluding hydrogens is 272 g/mol. The Morgan fingerprint density at radius 3 is 2.81 bits per heavy atom. The summed E-state index contributed by atoms with van der Waals surface area (Å²) in [5.74, 6) is -0.847. The van der Waals surface area contributed by atoms with Gasteiger partial charge in [0, 0.05) is 12.1 Å². The summed E-state index contributed by atoms with van der Waals surface area (Å²) >= 11 is 0. The summed E-state index contributed by atoms with van der Waals surface area (Å²) in [5, 5.41) is 15.4. The number of aryl methyl sites for hydroxylation is 2. The number of carbonyl (C=O) groups excluding carboxylic acids is 1. The van der Waals surface area contributed by atoms with Crippen molar-refractivity contribution in [1.82, 2.24) is 5.16 Å². The molecule has 0 aliphatic heterocycles. The largest absolute Gasteiger partial charge is 0.478 e. The molecule has 0 unspecified atom stereocenters. The van der Waals surface area contributed by atoms with Crippen molar-refractivity contribution < 1.29 is 19.2 Å². The van der Waals surface area contributed by atoms with Gasteiger partial charge in [-0.25, -0.2) is 4.79 Å². The van der Waals surface area contributed by atoms with Gasteiger partial charge in [-0.05, 0) is 31.5 Å². The van der Waals surface area contributed by atoms with E-state index in [-0.39, 0.29) is 11.5 Å². The van der Waals surface area contributed by atoms with E-state index in [0.717, 1.165) is 6.42 Å². The zero-order valence-corrected chi connectivity index (χ0v) is 11.8. The van der Waals surface area contributed by atoms with E-state index in [0.29, 0.717) is 29.1 Å². The number of amides is 1. The number of benzene rings is 1. The summed E-state index contributed by atoms with van der Waals surface area (Å²) in [6, 6.07) is 6.08. The van der Waals surface area contributed by atoms with Crippen molar-refractivity contribution in [2.75, 3.05) is 5.32 Å². The van der Waals surface area contributed by atoms with Crippen molar-refractivity contribution in [1.29, 1.82) is 0 Å². The summed E-state index contributed by atoms with van der Waals surface area (Å²) in [4.78, 5) is 23.2. The number of hydrogen-bond acceptors (Lipinski definition) is 4. The van der Waals surface area contributed by atoms with E-state index in [4.69, 9.17) is 9.63 Å². The molecule has 2 aromatic rings. The van der Waals surface area contributed by atoms with Crippen LogP contribution in [0.15, 0.2) is 28.8 Å². The van der Waals surface area contributed by atoms with E-state index in [1.807, 2.05) is 6.92 Å². The molecular formula is C15H16N2O4. The monoisotopic (exact) mass is 288 g/mol. The topological polar surface area (TPSA) is 92.4 Å². The Morgan fingerprint density at radius 1 is 1.38 bits per heavy atom. The van der Waals surface area contributed by atoms with E-state index in [1.165, 1.54) is 12.1 Å². The number of nitrogens with zero attached hydrogens (tertiary/aromatic N) is 1. The number of aromatic carboxylic acids is 1. The van der Waals surface area contributed by atoms with Crippen LogP contribution in [0.5, 0.6) is 0 Å². The minimum absolute atomic E-state index is 0.114. The highest BCUT2D eigenvalue weighted by Gasteiger charge is 2.20. The van der Waals surface area contributed by atoms with E-state index < -0.39 is 5.97 Å². The first-order chi connectivity index (χ1) is 10.0. The zero-order valence-electron chi connectivity index (χ0n) is 11.8. The molecule has 1 heterocycles. The molecule has 6 heteroatoms. The van der Waals surface area contributed by atoms with Crippen LogP contribution in [-0.2, 0) is 6.42 Å². The Hall–Kier alpha value is -2.63. The third-order valence-corrected chi connectivity index (χ3v) is 3.00. The molecule has 1 amide bonds. The van der Waals surface area contributed by atoms with Crippen LogP contribution in [0.3, 0.4) is 0 Å². The molecule has 0 fully saturated rings. The number of aromatic nitrogens is 1. The second kappa shape index (κ2) is 6.21. The number of carbonyl (C=O) groups is 2. The molecule has 6 nitrogen and oxygen atoms in total. The third kappa shape index (κ3) is 3.28. The number of carboxylic acid groups (broad SMARTS) is 1. The predicted molar refractivity (Wildman–Crippen MR) is 76.6 cm³/mol. The minimum Gasteiger partial charge on any atom is -0.478 e. The van der Waals surface area contributed by atoms with Crippen LogP contribution in [0.4, 0.5) is 5.69 Å². The molecule has 0 spiro atoms. The second-order valence-electron chi connectivity index (χ2n) is 4.66. The lowest BCUT2D eigenvalue weighted by Gasteiger charge is -2.06. The third-order valence-electron chi connectivity index (χ3n) is 3.00. The fraction of sp³-hybridized carbons (Fsp3) is 0.267. The maximum Gasteiger partial charge on any atom is 0.335 e. The van der Waals surface area contributed by atoms with Crippen molar-refractivity contribution in [2.24, 2.45) is 0 Å². The molecule has 2 rings (SSSR count). The zero-order chi connectivity index (χ0) is 15.4. The highest BCUT2D eigenvalue weighted by Crippen LogP contribution is 2.18. The first-order valence-corrected chi connectivity index (χ1v) is 6.62. The molecule has 0 aliphatic carbocycles. The van der Waals surface area contributed by atoms with Crippen molar-refractivity contribution in [3.05, 3.63) is 46.8 Å². The highest BCUT2D eigenvalue weighted by molar-refractivity contribution is 6.06. The van der Waals surface area contributed by atoms with Gasteiger partial charge in [-0.15, -0.1) is 0 Å². The van der Waals surface area contributed by atoms with Crippen LogP contribution in [0.2, 0.25) is 0 Å². The molecule has 0 radical (unpaired) electrons. The molecule has 21 heavy (non-hydrogen) atoms. The SMILES string of the molecule is CCCc1onc(C)c1C(=O)Nc1cccc(C(=O)O)c1. The van der Waals surface area contributed by atoms with E-state index in [9.17, 15) is 9.59 Å². The first kappa shape index (κ1) is 14.8. The van der Waals surface area contributed by atoms with Crippen LogP contribution in [0.1, 0.15) is 45.5 Å². The van der Waals surface area contributed by atoms with Crippen molar-refractivity contribution >= 4 is 17.6 Å². The van der Waals surface area contributed by atoms with Gasteiger partial charge >= 0.3 is 5.97 Å². The number of carboxylic acids is 1. The molecule has 2 N–H and O–H groups in total. The van der Waals surface area contributed by atoms with Crippen LogP contribution in [-0.4, -0.2) is 22.1 Å². The summed E-state index contributed by atoms with van der Waals surface area (Å²) in [7, 11) is 0. The highest BCUT2D eigenvalue weighted by atomic mass is 16.5. The molecule has 0 aliphatic rings. The molecule has 1 aromatic heterocycles. The lowest BCUT2D eigenvalue weighted by atomic mass is 10.1. The standard InChI is InChI=1S/C15H16N2O4/c1-3-5-12-13(9(2)17-21-12)14(18)16-11-7-4-6-10(8-11)15(19)20/h4,6-8H,3,5H2,1-2H3,(H,16,18)(H,19,20). The second-order valence-corrected chi connectivity index (χ2v) is 4.66. The summed E-state index contributed by atoms with van der Waals surface area (Å²) in [5.41, 5.74) is 1.47. The van der Waals surface area contributed by atoms with Gasteiger partial charge in [0.1, 0.15) is 11.3 Å². The molecule has 0 saturated heterocycles. The van der Waals surface area contributed by atoms with Gasteiger partial charge in [0.05, 0.1) is 11.3 Å². The maximum absolute atomic E-state index is 12.3. The lowest BCUT2D eigenvalue weighted by molar-refractivity contribution is 0.0696. The molecule has 0 saturated carbocycles. The van der Waals surface area contributed by atoms with Gasteiger partial charge in [0.15, 0.2) is 0 Å². The normalized spacial score (nSPS) is 10.4. The summed E-state index contributed by atoms with van der Waals surface area (Å²) in [6.45, 7) is 3.68. The Bertz CT molecular complexity index is 676. The Balaban J connectivity index is 2.24. The van der Waals surface area contributed by atoms with Crippen LogP contribution >= 0.6 is 0 Å². The fourth-order valence-electron chi connectivity index (χ4n) is 2.03. The van der Waals surface area contributed by atoms with E-state index in [2.05, 4.69) is 10.5 Å².